The van der Waals surface area contributed by atoms with Gasteiger partial charge in [-0.2, -0.15) is 0 Å². The molecule has 0 saturated heterocycles. The summed E-state index contributed by atoms with van der Waals surface area (Å²) >= 11 is 0. The molecule has 6 nitrogen and oxygen atoms in total. The Kier molecular flexibility index (Phi) is 4.74. The van der Waals surface area contributed by atoms with Gasteiger partial charge in [-0.3, -0.25) is 9.59 Å². The Morgan fingerprint density at radius 2 is 1.89 bits per heavy atom. The Labute approximate surface area is 112 Å². The van der Waals surface area contributed by atoms with Crippen molar-refractivity contribution in [1.29, 1.82) is 0 Å². The number of para-hydroxylation sites is 1. The summed E-state index contributed by atoms with van der Waals surface area (Å²) in [5.41, 5.74) is 6.46. The summed E-state index contributed by atoms with van der Waals surface area (Å²) < 4.78 is 5.06. The molecule has 0 heterocycles. The van der Waals surface area contributed by atoms with E-state index in [2.05, 4.69) is 0 Å². The molecule has 0 aliphatic carbocycles. The molecule has 2 N–H and O–H groups in total. The lowest BCUT2D eigenvalue weighted by molar-refractivity contribution is -0.129. The van der Waals surface area contributed by atoms with E-state index >= 15 is 0 Å². The molecule has 0 unspecified atom stereocenters. The smallest absolute Gasteiger partial charge is 0.256 e. The van der Waals surface area contributed by atoms with E-state index in [-0.39, 0.29) is 24.0 Å². The average molecular weight is 265 g/mol. The molecule has 0 aliphatic heterocycles. The molecule has 6 heteroatoms. The van der Waals surface area contributed by atoms with Gasteiger partial charge in [-0.25, -0.2) is 0 Å². The van der Waals surface area contributed by atoms with E-state index in [1.807, 2.05) is 0 Å². The van der Waals surface area contributed by atoms with Gasteiger partial charge < -0.3 is 20.3 Å². The number of ether oxygens (including phenoxy) is 1. The lowest BCUT2D eigenvalue weighted by Crippen LogP contribution is -2.38. The molecule has 2 amide bonds. The standard InChI is InChI=1S/C13H19N3O3/c1-15(2)11(17)8-16(3)13(18)9-6-5-7-10(19-4)12(9)14/h5-7H,8,14H2,1-4H3. The lowest BCUT2D eigenvalue weighted by Gasteiger charge is -2.20. The first-order valence-corrected chi connectivity index (χ1v) is 5.76. The molecular weight excluding hydrogens is 246 g/mol. The summed E-state index contributed by atoms with van der Waals surface area (Å²) in [6, 6.07) is 4.97. The first-order valence-electron chi connectivity index (χ1n) is 5.76. The number of benzene rings is 1. The monoisotopic (exact) mass is 265 g/mol. The van der Waals surface area contributed by atoms with E-state index < -0.39 is 0 Å². The van der Waals surface area contributed by atoms with Crippen molar-refractivity contribution in [2.75, 3.05) is 40.5 Å². The van der Waals surface area contributed by atoms with Crippen LogP contribution in [0.5, 0.6) is 5.75 Å². The molecule has 0 fully saturated rings. The van der Waals surface area contributed by atoms with Gasteiger partial charge in [0, 0.05) is 21.1 Å². The van der Waals surface area contributed by atoms with Crippen molar-refractivity contribution in [2.24, 2.45) is 0 Å². The molecule has 0 aliphatic rings. The Balaban J connectivity index is 2.91. The predicted molar refractivity (Wildman–Crippen MR) is 73.1 cm³/mol. The molecule has 104 valence electrons. The van der Waals surface area contributed by atoms with Gasteiger partial charge in [-0.05, 0) is 12.1 Å². The molecule has 1 aromatic carbocycles. The van der Waals surface area contributed by atoms with Crippen LogP contribution in [-0.4, -0.2) is 56.4 Å². The number of hydrogen-bond acceptors (Lipinski definition) is 4. The van der Waals surface area contributed by atoms with E-state index in [1.54, 1.807) is 39.3 Å². The fourth-order valence-corrected chi connectivity index (χ4v) is 1.53. The number of methoxy groups -OCH3 is 1. The molecule has 0 aromatic heterocycles. The van der Waals surface area contributed by atoms with Crippen molar-refractivity contribution < 1.29 is 14.3 Å². The Hall–Kier alpha value is -2.24. The second-order valence-electron chi connectivity index (χ2n) is 4.37. The zero-order chi connectivity index (χ0) is 14.6. The van der Waals surface area contributed by atoms with E-state index in [0.29, 0.717) is 11.3 Å². The van der Waals surface area contributed by atoms with Crippen molar-refractivity contribution in [3.8, 4) is 5.75 Å². The number of amides is 2. The van der Waals surface area contributed by atoms with Crippen molar-refractivity contribution >= 4 is 17.5 Å². The van der Waals surface area contributed by atoms with E-state index in [9.17, 15) is 9.59 Å². The topological polar surface area (TPSA) is 75.9 Å². The van der Waals surface area contributed by atoms with Crippen LogP contribution < -0.4 is 10.5 Å². The van der Waals surface area contributed by atoms with Gasteiger partial charge >= 0.3 is 0 Å². The van der Waals surface area contributed by atoms with Crippen LogP contribution in [0.15, 0.2) is 18.2 Å². The van der Waals surface area contributed by atoms with Crippen LogP contribution in [0.3, 0.4) is 0 Å². The van der Waals surface area contributed by atoms with Gasteiger partial charge in [0.25, 0.3) is 5.91 Å². The van der Waals surface area contributed by atoms with Crippen LogP contribution >= 0.6 is 0 Å². The van der Waals surface area contributed by atoms with Gasteiger partial charge in [0.1, 0.15) is 5.75 Å². The normalized spacial score (nSPS) is 9.89. The number of carbonyl (C=O) groups is 2. The summed E-state index contributed by atoms with van der Waals surface area (Å²) in [6.45, 7) is 0.00246. The minimum atomic E-state index is -0.313. The quantitative estimate of drug-likeness (QED) is 0.801. The molecular formula is C13H19N3O3. The van der Waals surface area contributed by atoms with Gasteiger partial charge in [0.2, 0.25) is 5.91 Å². The van der Waals surface area contributed by atoms with Crippen LogP contribution in [0.1, 0.15) is 10.4 Å². The third-order valence-electron chi connectivity index (χ3n) is 2.73. The molecule has 0 saturated carbocycles. The highest BCUT2D eigenvalue weighted by Crippen LogP contribution is 2.25. The summed E-state index contributed by atoms with van der Waals surface area (Å²) in [7, 11) is 6.32. The minimum Gasteiger partial charge on any atom is -0.495 e. The van der Waals surface area contributed by atoms with Crippen LogP contribution in [0.25, 0.3) is 0 Å². The second kappa shape index (κ2) is 6.08. The second-order valence-corrected chi connectivity index (χ2v) is 4.37. The molecule has 0 atom stereocenters. The van der Waals surface area contributed by atoms with Gasteiger partial charge in [-0.1, -0.05) is 6.07 Å². The van der Waals surface area contributed by atoms with Crippen molar-refractivity contribution in [3.05, 3.63) is 23.8 Å². The average Bonchev–Trinajstić information content (AvgIpc) is 2.37. The Morgan fingerprint density at radius 1 is 1.26 bits per heavy atom. The highest BCUT2D eigenvalue weighted by atomic mass is 16.5. The highest BCUT2D eigenvalue weighted by Gasteiger charge is 2.19. The maximum Gasteiger partial charge on any atom is 0.256 e. The van der Waals surface area contributed by atoms with E-state index in [4.69, 9.17) is 10.5 Å². The molecule has 1 aromatic rings. The number of nitrogens with zero attached hydrogens (tertiary/aromatic N) is 2. The van der Waals surface area contributed by atoms with E-state index in [1.165, 1.54) is 16.9 Å². The van der Waals surface area contributed by atoms with Crippen LogP contribution in [0, 0.1) is 0 Å². The third kappa shape index (κ3) is 3.37. The fourth-order valence-electron chi connectivity index (χ4n) is 1.53. The van der Waals surface area contributed by atoms with Crippen LogP contribution in [0.2, 0.25) is 0 Å². The SMILES string of the molecule is COc1cccc(C(=O)N(C)CC(=O)N(C)C)c1N. The molecule has 0 bridgehead atoms. The minimum absolute atomic E-state index is 0.00246. The first-order chi connectivity index (χ1) is 8.88. The largest absolute Gasteiger partial charge is 0.495 e. The van der Waals surface area contributed by atoms with Crippen molar-refractivity contribution in [3.63, 3.8) is 0 Å². The summed E-state index contributed by atoms with van der Waals surface area (Å²) in [4.78, 5) is 26.5. The number of carbonyl (C=O) groups excluding carboxylic acids is 2. The zero-order valence-electron chi connectivity index (χ0n) is 11.6. The summed E-state index contributed by atoms with van der Waals surface area (Å²) in [6.07, 6.45) is 0. The van der Waals surface area contributed by atoms with Crippen LogP contribution in [-0.2, 0) is 4.79 Å². The van der Waals surface area contributed by atoms with Crippen LogP contribution in [0.4, 0.5) is 5.69 Å². The molecule has 19 heavy (non-hydrogen) atoms. The molecule has 0 spiro atoms. The summed E-state index contributed by atoms with van der Waals surface area (Å²) in [5.74, 6) is -0.0258. The maximum atomic E-state index is 12.2. The number of likely N-dealkylation sites (N-methyl/N-ethyl adjacent to an activating group) is 2. The number of nitrogen functional groups attached to an aromatic ring is 1. The Morgan fingerprint density at radius 3 is 2.42 bits per heavy atom. The van der Waals surface area contributed by atoms with Crippen molar-refractivity contribution in [1.82, 2.24) is 9.80 Å². The zero-order valence-corrected chi connectivity index (χ0v) is 11.6. The molecule has 1 rings (SSSR count). The first kappa shape index (κ1) is 14.8. The predicted octanol–water partition coefficient (Wildman–Crippen LogP) is 0.438. The number of nitrogens with two attached hydrogens (primary N) is 1. The third-order valence-corrected chi connectivity index (χ3v) is 2.73. The van der Waals surface area contributed by atoms with Gasteiger partial charge in [-0.15, -0.1) is 0 Å². The van der Waals surface area contributed by atoms with Gasteiger partial charge in [0.15, 0.2) is 0 Å². The summed E-state index contributed by atoms with van der Waals surface area (Å²) in [5, 5.41) is 0. The highest BCUT2D eigenvalue weighted by molar-refractivity contribution is 6.01. The number of hydrogen-bond donors (Lipinski definition) is 1. The van der Waals surface area contributed by atoms with Gasteiger partial charge in [0.05, 0.1) is 24.9 Å². The molecule has 0 radical (unpaired) electrons. The fraction of sp³-hybridized carbons (Fsp3) is 0.385. The Bertz CT molecular complexity index is 486. The lowest BCUT2D eigenvalue weighted by atomic mass is 10.1. The van der Waals surface area contributed by atoms with Crippen molar-refractivity contribution in [2.45, 2.75) is 0 Å². The number of rotatable bonds is 4. The van der Waals surface area contributed by atoms with E-state index in [0.717, 1.165) is 0 Å². The number of anilines is 1. The maximum absolute atomic E-state index is 12.2.